The predicted molar refractivity (Wildman–Crippen MR) is 123 cm³/mol. The number of hydrazone groups is 1. The number of hydrogen-bond acceptors (Lipinski definition) is 9. The van der Waals surface area contributed by atoms with Crippen LogP contribution in [0.5, 0.6) is 11.5 Å². The molecule has 5 rings (SSSR count). The van der Waals surface area contributed by atoms with Gasteiger partial charge < -0.3 is 9.47 Å². The minimum absolute atomic E-state index is 0.162. The second-order valence-electron chi connectivity index (χ2n) is 8.24. The Balaban J connectivity index is 1.54. The van der Waals surface area contributed by atoms with Gasteiger partial charge in [-0.2, -0.15) is 5.10 Å². The summed E-state index contributed by atoms with van der Waals surface area (Å²) in [5, 5.41) is 16.8. The molecule has 2 aromatic carbocycles. The molecular formula is C24H20N4O7. The van der Waals surface area contributed by atoms with Crippen LogP contribution in [0.3, 0.4) is 0 Å². The van der Waals surface area contributed by atoms with Crippen LogP contribution >= 0.6 is 0 Å². The molecule has 2 amide bonds. The van der Waals surface area contributed by atoms with Crippen molar-refractivity contribution in [2.45, 2.75) is 12.1 Å². The van der Waals surface area contributed by atoms with Crippen LogP contribution in [0.1, 0.15) is 10.4 Å². The average molecular weight is 476 g/mol. The number of imide groups is 1. The fourth-order valence-electron chi connectivity index (χ4n) is 4.98. The number of carbonyl (C=O) groups is 3. The van der Waals surface area contributed by atoms with Crippen LogP contribution in [0.4, 0.5) is 11.4 Å². The van der Waals surface area contributed by atoms with E-state index in [1.165, 1.54) is 55.8 Å². The standard InChI is InChI=1S/C24H20N4O7/c1-34-17-10-5-13(12-18(17)35-2)22(29)21-20-19(16-4-3-11-25-27(16)21)23(30)26(24(20)31)14-6-8-15(9-7-14)28(32)33/h3-12,16,19-21H,1-2H3/t16-,19-,20+,21-/m1/s1. The van der Waals surface area contributed by atoms with Crippen molar-refractivity contribution in [3.8, 4) is 11.5 Å². The third-order valence-corrected chi connectivity index (χ3v) is 6.55. The largest absolute Gasteiger partial charge is 0.493 e. The number of hydrogen-bond donors (Lipinski definition) is 0. The maximum Gasteiger partial charge on any atom is 0.269 e. The molecule has 0 aliphatic carbocycles. The van der Waals surface area contributed by atoms with E-state index in [0.29, 0.717) is 11.5 Å². The first kappa shape index (κ1) is 22.3. The van der Waals surface area contributed by atoms with Crippen molar-refractivity contribution in [1.82, 2.24) is 5.01 Å². The van der Waals surface area contributed by atoms with E-state index in [1.807, 2.05) is 0 Å². The van der Waals surface area contributed by atoms with Gasteiger partial charge in [0.05, 0.1) is 42.7 Å². The van der Waals surface area contributed by atoms with Gasteiger partial charge in [-0.3, -0.25) is 29.5 Å². The molecule has 178 valence electrons. The molecule has 3 aliphatic rings. The molecule has 0 N–H and O–H groups in total. The lowest BCUT2D eigenvalue weighted by Crippen LogP contribution is -2.46. The average Bonchev–Trinajstić information content (AvgIpc) is 3.35. The van der Waals surface area contributed by atoms with Gasteiger partial charge in [-0.1, -0.05) is 6.08 Å². The zero-order valence-electron chi connectivity index (χ0n) is 18.7. The lowest BCUT2D eigenvalue weighted by molar-refractivity contribution is -0.384. The van der Waals surface area contributed by atoms with Gasteiger partial charge in [-0.25, -0.2) is 4.90 Å². The van der Waals surface area contributed by atoms with Crippen LogP contribution in [0.2, 0.25) is 0 Å². The summed E-state index contributed by atoms with van der Waals surface area (Å²) < 4.78 is 10.6. The molecule has 2 fully saturated rings. The lowest BCUT2D eigenvalue weighted by atomic mass is 9.86. The predicted octanol–water partition coefficient (Wildman–Crippen LogP) is 2.21. The highest BCUT2D eigenvalue weighted by molar-refractivity contribution is 6.24. The molecule has 3 heterocycles. The van der Waals surface area contributed by atoms with Crippen molar-refractivity contribution >= 4 is 35.2 Å². The number of methoxy groups -OCH3 is 2. The molecule has 0 saturated carbocycles. The molecule has 0 unspecified atom stereocenters. The maximum atomic E-state index is 13.7. The Morgan fingerprint density at radius 1 is 1.00 bits per heavy atom. The quantitative estimate of drug-likeness (QED) is 0.268. The van der Waals surface area contributed by atoms with Gasteiger partial charge in [0.25, 0.3) is 5.69 Å². The second-order valence-corrected chi connectivity index (χ2v) is 8.24. The van der Waals surface area contributed by atoms with E-state index in [4.69, 9.17) is 9.47 Å². The topological polar surface area (TPSA) is 132 Å². The van der Waals surface area contributed by atoms with Gasteiger partial charge in [-0.15, -0.1) is 0 Å². The number of amides is 2. The Hall–Kier alpha value is -4.54. The molecule has 2 aromatic rings. The van der Waals surface area contributed by atoms with E-state index in [9.17, 15) is 24.5 Å². The number of non-ortho nitro benzene ring substituents is 1. The Kier molecular flexibility index (Phi) is 5.31. The first-order chi connectivity index (χ1) is 16.9. The fourth-order valence-corrected chi connectivity index (χ4v) is 4.98. The van der Waals surface area contributed by atoms with Crippen molar-refractivity contribution in [2.24, 2.45) is 16.9 Å². The Morgan fingerprint density at radius 2 is 1.69 bits per heavy atom. The zero-order chi connectivity index (χ0) is 24.9. The SMILES string of the molecule is COc1ccc(C(=O)[C@H]2[C@H]3C(=O)N(c4ccc([N+](=O)[O-])cc4)C(=O)[C@@H]3[C@H]3C=CC=NN32)cc1OC. The monoisotopic (exact) mass is 476 g/mol. The normalized spacial score (nSPS) is 24.4. The van der Waals surface area contributed by atoms with Gasteiger partial charge in [0.15, 0.2) is 17.3 Å². The number of rotatable bonds is 6. The van der Waals surface area contributed by atoms with Crippen LogP contribution in [-0.2, 0) is 9.59 Å². The number of nitro benzene ring substituents is 1. The summed E-state index contributed by atoms with van der Waals surface area (Å²) in [5.41, 5.74) is 0.336. The van der Waals surface area contributed by atoms with Crippen molar-refractivity contribution in [3.63, 3.8) is 0 Å². The van der Waals surface area contributed by atoms with Crippen molar-refractivity contribution < 1.29 is 28.8 Å². The van der Waals surface area contributed by atoms with E-state index < -0.39 is 40.7 Å². The minimum atomic E-state index is -1.02. The van der Waals surface area contributed by atoms with Crippen molar-refractivity contribution in [2.75, 3.05) is 19.1 Å². The molecular weight excluding hydrogens is 456 g/mol. The summed E-state index contributed by atoms with van der Waals surface area (Å²) in [5.74, 6) is -2.43. The van der Waals surface area contributed by atoms with Crippen molar-refractivity contribution in [1.29, 1.82) is 0 Å². The van der Waals surface area contributed by atoms with Gasteiger partial charge in [0.1, 0.15) is 6.04 Å². The fraction of sp³-hybridized carbons (Fsp3) is 0.250. The van der Waals surface area contributed by atoms with E-state index in [2.05, 4.69) is 5.10 Å². The summed E-state index contributed by atoms with van der Waals surface area (Å²) in [6.07, 6.45) is 4.93. The molecule has 0 spiro atoms. The first-order valence-electron chi connectivity index (χ1n) is 10.7. The Bertz CT molecular complexity index is 1300. The maximum absolute atomic E-state index is 13.7. The van der Waals surface area contributed by atoms with Gasteiger partial charge in [0.2, 0.25) is 11.8 Å². The van der Waals surface area contributed by atoms with Gasteiger partial charge >= 0.3 is 0 Å². The van der Waals surface area contributed by atoms with Crippen LogP contribution in [-0.4, -0.2) is 60.0 Å². The van der Waals surface area contributed by atoms with Crippen LogP contribution in [0.15, 0.2) is 59.7 Å². The van der Waals surface area contributed by atoms with E-state index >= 15 is 0 Å². The molecule has 4 atom stereocenters. The number of allylic oxidation sites excluding steroid dienone is 1. The molecule has 3 aliphatic heterocycles. The number of ether oxygens (including phenoxy) is 2. The number of carbonyl (C=O) groups excluding carboxylic acids is 3. The highest BCUT2D eigenvalue weighted by Gasteiger charge is 2.64. The Morgan fingerprint density at radius 3 is 2.34 bits per heavy atom. The van der Waals surface area contributed by atoms with Crippen molar-refractivity contribution in [3.05, 3.63) is 70.3 Å². The number of anilines is 1. The highest BCUT2D eigenvalue weighted by atomic mass is 16.6. The van der Waals surface area contributed by atoms with Crippen LogP contribution < -0.4 is 14.4 Å². The molecule has 0 bridgehead atoms. The second kappa shape index (κ2) is 8.35. The summed E-state index contributed by atoms with van der Waals surface area (Å²) in [6, 6.07) is 8.26. The number of nitro groups is 1. The molecule has 2 saturated heterocycles. The summed E-state index contributed by atoms with van der Waals surface area (Å²) in [7, 11) is 2.94. The number of Topliss-reactive ketones (excluding diaryl/α,β-unsaturated/α-hetero) is 1. The molecule has 0 radical (unpaired) electrons. The minimum Gasteiger partial charge on any atom is -0.493 e. The summed E-state index contributed by atoms with van der Waals surface area (Å²) in [6.45, 7) is 0. The third kappa shape index (κ3) is 3.35. The Labute approximate surface area is 199 Å². The van der Waals surface area contributed by atoms with Crippen LogP contribution in [0, 0.1) is 22.0 Å². The van der Waals surface area contributed by atoms with Gasteiger partial charge in [-0.05, 0) is 36.4 Å². The lowest BCUT2D eigenvalue weighted by Gasteiger charge is -2.30. The molecule has 11 heteroatoms. The van der Waals surface area contributed by atoms with E-state index in [0.717, 1.165) is 4.90 Å². The third-order valence-electron chi connectivity index (χ3n) is 6.55. The van der Waals surface area contributed by atoms with E-state index in [1.54, 1.807) is 24.3 Å². The number of fused-ring (bicyclic) bond motifs is 3. The summed E-state index contributed by atoms with van der Waals surface area (Å²) in [4.78, 5) is 52.3. The number of benzene rings is 2. The first-order valence-corrected chi connectivity index (χ1v) is 10.7. The molecule has 35 heavy (non-hydrogen) atoms. The molecule has 0 aromatic heterocycles. The number of ketones is 1. The van der Waals surface area contributed by atoms with Gasteiger partial charge in [0, 0.05) is 23.9 Å². The van der Waals surface area contributed by atoms with Crippen LogP contribution in [0.25, 0.3) is 0 Å². The highest BCUT2D eigenvalue weighted by Crippen LogP contribution is 2.46. The van der Waals surface area contributed by atoms with E-state index in [-0.39, 0.29) is 22.7 Å². The number of nitrogens with zero attached hydrogens (tertiary/aromatic N) is 4. The summed E-state index contributed by atoms with van der Waals surface area (Å²) >= 11 is 0. The molecule has 11 nitrogen and oxygen atoms in total. The smallest absolute Gasteiger partial charge is 0.269 e. The zero-order valence-corrected chi connectivity index (χ0v) is 18.7.